The van der Waals surface area contributed by atoms with Crippen LogP contribution in [0.1, 0.15) is 0 Å². The topological polar surface area (TPSA) is 84.5 Å². The van der Waals surface area contributed by atoms with Gasteiger partial charge in [0, 0.05) is 0 Å². The van der Waals surface area contributed by atoms with Gasteiger partial charge in [-0.05, 0) is 0 Å². The maximum absolute atomic E-state index is 11.2. The van der Waals surface area contributed by atoms with Crippen LogP contribution in [0.25, 0.3) is 0 Å². The van der Waals surface area contributed by atoms with Crippen LogP contribution in [0.2, 0.25) is 0 Å². The summed E-state index contributed by atoms with van der Waals surface area (Å²) in [7, 11) is 0. The van der Waals surface area contributed by atoms with E-state index in [1.54, 1.807) is 0 Å². The minimum atomic E-state index is -0.530. The Kier molecular flexibility index (Phi) is 11.2. The van der Waals surface area contributed by atoms with Gasteiger partial charge in [-0.15, -0.1) is 0 Å². The molecule has 0 saturated carbocycles. The molecular weight excluding hydrogens is 270 g/mol. The smallest absolute Gasteiger partial charge is 0.409 e. The summed E-state index contributed by atoms with van der Waals surface area (Å²) in [4.78, 5) is 11.2. The Balaban J connectivity index is 2.10. The van der Waals surface area contributed by atoms with Crippen molar-refractivity contribution in [2.75, 3.05) is 72.8 Å². The zero-order valence-electron chi connectivity index (χ0n) is 11.6. The lowest BCUT2D eigenvalue weighted by atomic mass is 10.7. The first-order valence-corrected chi connectivity index (χ1v) is 6.69. The maximum Gasteiger partial charge on any atom is 0.409 e. The summed E-state index contributed by atoms with van der Waals surface area (Å²) in [6.07, 6.45) is -0.530. The molecule has 8 nitrogen and oxygen atoms in total. The highest BCUT2D eigenvalue weighted by molar-refractivity contribution is 5.66. The molecule has 0 unspecified atom stereocenters. The molecular formula is C12H23NO7. The zero-order valence-corrected chi connectivity index (χ0v) is 11.6. The summed E-state index contributed by atoms with van der Waals surface area (Å²) in [6.45, 7) is 4.47. The van der Waals surface area contributed by atoms with Crippen LogP contribution in [0.5, 0.6) is 0 Å². The molecule has 8 heteroatoms. The maximum atomic E-state index is 11.2. The quantitative estimate of drug-likeness (QED) is 0.660. The normalized spacial score (nSPS) is 22.7. The minimum absolute atomic E-state index is 0.0907. The second-order valence-corrected chi connectivity index (χ2v) is 3.81. The van der Waals surface area contributed by atoms with Crippen molar-refractivity contribution in [3.8, 4) is 0 Å². The zero-order chi connectivity index (χ0) is 14.3. The molecule has 0 aliphatic carbocycles. The van der Waals surface area contributed by atoms with Crippen LogP contribution in [0.4, 0.5) is 4.79 Å². The molecule has 1 aliphatic heterocycles. The molecule has 0 aromatic heterocycles. The number of hydrogen-bond acceptors (Lipinski definition) is 7. The molecule has 0 bridgehead atoms. The lowest BCUT2D eigenvalue weighted by molar-refractivity contribution is -0.0116. The van der Waals surface area contributed by atoms with Crippen LogP contribution in [-0.2, 0) is 28.4 Å². The van der Waals surface area contributed by atoms with E-state index < -0.39 is 6.09 Å². The molecule has 1 fully saturated rings. The van der Waals surface area contributed by atoms with Gasteiger partial charge in [0.2, 0.25) is 0 Å². The number of nitrogens with one attached hydrogen (secondary N) is 1. The van der Waals surface area contributed by atoms with Crippen molar-refractivity contribution in [3.63, 3.8) is 0 Å². The van der Waals surface area contributed by atoms with E-state index in [0.717, 1.165) is 0 Å². The Hall–Kier alpha value is -0.930. The molecule has 1 saturated heterocycles. The monoisotopic (exact) mass is 293 g/mol. The number of hydrogen-bond donors (Lipinski definition) is 1. The molecule has 0 spiro atoms. The molecule has 1 N–H and O–H groups in total. The number of cyclic esters (lactones) is 1. The predicted octanol–water partition coefficient (Wildman–Crippen LogP) is -0.233. The van der Waals surface area contributed by atoms with E-state index in [-0.39, 0.29) is 13.3 Å². The van der Waals surface area contributed by atoms with Gasteiger partial charge < -0.3 is 28.4 Å². The molecule has 1 aliphatic rings. The Morgan fingerprint density at radius 3 is 1.50 bits per heavy atom. The highest BCUT2D eigenvalue weighted by atomic mass is 16.6. The van der Waals surface area contributed by atoms with Crippen LogP contribution in [0.15, 0.2) is 0 Å². The average molecular weight is 293 g/mol. The van der Waals surface area contributed by atoms with Gasteiger partial charge in [-0.1, -0.05) is 0 Å². The standard InChI is InChI=1S/C12H23NO7/c14-12-13-11-19-8-7-17-4-3-15-1-2-16-5-6-18-9-10-20-12/h1-11H2,(H,13,14). The third-order valence-corrected chi connectivity index (χ3v) is 2.27. The first-order chi connectivity index (χ1) is 9.89. The van der Waals surface area contributed by atoms with E-state index in [2.05, 4.69) is 5.32 Å². The van der Waals surface area contributed by atoms with Gasteiger partial charge in [0.05, 0.1) is 59.5 Å². The number of carbonyl (C=O) groups excluding carboxylic acids is 1. The SMILES string of the molecule is O=C1NCOCCOCCOCCOCCOCCO1. The first kappa shape index (κ1) is 17.1. The average Bonchev–Trinajstić information content (AvgIpc) is 2.45. The summed E-state index contributed by atoms with van der Waals surface area (Å²) < 4.78 is 31.1. The molecule has 0 atom stereocenters. The predicted molar refractivity (Wildman–Crippen MR) is 68.6 cm³/mol. The van der Waals surface area contributed by atoms with E-state index >= 15 is 0 Å². The fourth-order valence-electron chi connectivity index (χ4n) is 1.31. The number of amides is 1. The molecule has 1 heterocycles. The van der Waals surface area contributed by atoms with Crippen LogP contribution >= 0.6 is 0 Å². The van der Waals surface area contributed by atoms with E-state index in [4.69, 9.17) is 28.4 Å². The van der Waals surface area contributed by atoms with Crippen LogP contribution in [-0.4, -0.2) is 78.9 Å². The number of ether oxygens (including phenoxy) is 6. The second kappa shape index (κ2) is 13.1. The fourth-order valence-corrected chi connectivity index (χ4v) is 1.31. The third kappa shape index (κ3) is 10.9. The molecule has 0 aromatic carbocycles. The van der Waals surface area contributed by atoms with Crippen LogP contribution in [0.3, 0.4) is 0 Å². The summed E-state index contributed by atoms with van der Waals surface area (Å²) in [5.74, 6) is 0. The van der Waals surface area contributed by atoms with Crippen LogP contribution in [0, 0.1) is 0 Å². The van der Waals surface area contributed by atoms with E-state index in [9.17, 15) is 4.79 Å². The van der Waals surface area contributed by atoms with E-state index in [1.807, 2.05) is 0 Å². The van der Waals surface area contributed by atoms with Crippen molar-refractivity contribution < 1.29 is 33.2 Å². The minimum Gasteiger partial charge on any atom is -0.447 e. The molecule has 0 radical (unpaired) electrons. The summed E-state index contributed by atoms with van der Waals surface area (Å²) in [6, 6.07) is 0. The Bertz CT molecular complexity index is 218. The van der Waals surface area contributed by atoms with Crippen molar-refractivity contribution in [2.45, 2.75) is 0 Å². The van der Waals surface area contributed by atoms with Gasteiger partial charge >= 0.3 is 6.09 Å². The Labute approximate surface area is 118 Å². The summed E-state index contributed by atoms with van der Waals surface area (Å²) in [5, 5.41) is 2.45. The van der Waals surface area contributed by atoms with Crippen molar-refractivity contribution in [3.05, 3.63) is 0 Å². The fraction of sp³-hybridized carbons (Fsp3) is 0.917. The van der Waals surface area contributed by atoms with Gasteiger partial charge in [-0.25, -0.2) is 4.79 Å². The lowest BCUT2D eigenvalue weighted by Gasteiger charge is -2.08. The first-order valence-electron chi connectivity index (χ1n) is 6.69. The van der Waals surface area contributed by atoms with Gasteiger partial charge in [0.25, 0.3) is 0 Å². The highest BCUT2D eigenvalue weighted by Gasteiger charge is 2.01. The Morgan fingerprint density at radius 1 is 0.600 bits per heavy atom. The van der Waals surface area contributed by atoms with Crippen LogP contribution < -0.4 is 5.32 Å². The number of alkyl carbamates (subject to hydrolysis) is 1. The van der Waals surface area contributed by atoms with Gasteiger partial charge in [0.15, 0.2) is 0 Å². The van der Waals surface area contributed by atoms with Crippen molar-refractivity contribution in [1.82, 2.24) is 5.32 Å². The van der Waals surface area contributed by atoms with Crippen molar-refractivity contribution >= 4 is 6.09 Å². The van der Waals surface area contributed by atoms with E-state index in [1.165, 1.54) is 0 Å². The van der Waals surface area contributed by atoms with Crippen molar-refractivity contribution in [1.29, 1.82) is 0 Å². The molecule has 20 heavy (non-hydrogen) atoms. The van der Waals surface area contributed by atoms with E-state index in [0.29, 0.717) is 59.5 Å². The third-order valence-electron chi connectivity index (χ3n) is 2.27. The van der Waals surface area contributed by atoms with Gasteiger partial charge in [0.1, 0.15) is 13.3 Å². The van der Waals surface area contributed by atoms with Gasteiger partial charge in [-0.3, -0.25) is 5.32 Å². The largest absolute Gasteiger partial charge is 0.447 e. The van der Waals surface area contributed by atoms with Gasteiger partial charge in [-0.2, -0.15) is 0 Å². The number of carbonyl (C=O) groups is 1. The summed E-state index contributed by atoms with van der Waals surface area (Å²) in [5.41, 5.74) is 0. The molecule has 1 amide bonds. The number of rotatable bonds is 0. The molecule has 0 aromatic rings. The highest BCUT2D eigenvalue weighted by Crippen LogP contribution is 1.86. The molecule has 118 valence electrons. The lowest BCUT2D eigenvalue weighted by Crippen LogP contribution is -2.28. The van der Waals surface area contributed by atoms with Crippen molar-refractivity contribution in [2.24, 2.45) is 0 Å². The molecule has 1 rings (SSSR count). The second-order valence-electron chi connectivity index (χ2n) is 3.81. The summed E-state index contributed by atoms with van der Waals surface area (Å²) >= 11 is 0. The Morgan fingerprint density at radius 2 is 1.00 bits per heavy atom.